The molecule has 3 atom stereocenters. The SMILES string of the molecule is CCCN(CCC)C(=O)c1cc(C(N)=O)cc(C(=O)NC(Cc2cc(F)cc(F)c2)C(O)CCC2CCCC(=O)N2)c1. The molecule has 4 amide bonds. The van der Waals surface area contributed by atoms with E-state index in [4.69, 9.17) is 5.73 Å². The lowest BCUT2D eigenvalue weighted by molar-refractivity contribution is -0.123. The van der Waals surface area contributed by atoms with Gasteiger partial charge in [0.15, 0.2) is 0 Å². The van der Waals surface area contributed by atoms with Gasteiger partial charge in [0, 0.05) is 48.3 Å². The summed E-state index contributed by atoms with van der Waals surface area (Å²) in [5, 5.41) is 16.7. The van der Waals surface area contributed by atoms with Crippen LogP contribution in [0.25, 0.3) is 0 Å². The normalized spacial score (nSPS) is 16.3. The van der Waals surface area contributed by atoms with Crippen molar-refractivity contribution >= 4 is 23.6 Å². The monoisotopic (exact) mass is 586 g/mol. The van der Waals surface area contributed by atoms with Crippen LogP contribution in [-0.2, 0) is 11.2 Å². The first-order chi connectivity index (χ1) is 20.0. The van der Waals surface area contributed by atoms with Crippen molar-refractivity contribution in [3.05, 3.63) is 70.3 Å². The Morgan fingerprint density at radius 3 is 2.24 bits per heavy atom. The van der Waals surface area contributed by atoms with Crippen LogP contribution < -0.4 is 16.4 Å². The van der Waals surface area contributed by atoms with E-state index in [0.29, 0.717) is 25.9 Å². The maximum Gasteiger partial charge on any atom is 0.253 e. The van der Waals surface area contributed by atoms with Crippen molar-refractivity contribution in [3.8, 4) is 0 Å². The largest absolute Gasteiger partial charge is 0.391 e. The number of nitrogens with two attached hydrogens (primary N) is 1. The highest BCUT2D eigenvalue weighted by Crippen LogP contribution is 2.19. The van der Waals surface area contributed by atoms with Gasteiger partial charge < -0.3 is 26.4 Å². The summed E-state index contributed by atoms with van der Waals surface area (Å²) in [5.74, 6) is -3.52. The second-order valence-electron chi connectivity index (χ2n) is 10.8. The fourth-order valence-corrected chi connectivity index (χ4v) is 5.25. The summed E-state index contributed by atoms with van der Waals surface area (Å²) in [4.78, 5) is 52.3. The van der Waals surface area contributed by atoms with Crippen LogP contribution in [0.4, 0.5) is 8.78 Å². The molecule has 42 heavy (non-hydrogen) atoms. The van der Waals surface area contributed by atoms with Crippen LogP contribution in [0.1, 0.15) is 95.4 Å². The molecule has 0 aliphatic carbocycles. The quantitative estimate of drug-likeness (QED) is 0.268. The van der Waals surface area contributed by atoms with Crippen LogP contribution in [0, 0.1) is 11.6 Å². The minimum atomic E-state index is -1.14. The van der Waals surface area contributed by atoms with E-state index in [9.17, 15) is 33.1 Å². The minimum absolute atomic E-state index is 0.0234. The molecule has 228 valence electrons. The van der Waals surface area contributed by atoms with E-state index in [1.54, 1.807) is 4.90 Å². The summed E-state index contributed by atoms with van der Waals surface area (Å²) in [5.41, 5.74) is 5.80. The van der Waals surface area contributed by atoms with Gasteiger partial charge in [-0.1, -0.05) is 13.8 Å². The Labute approximate surface area is 244 Å². The fourth-order valence-electron chi connectivity index (χ4n) is 5.25. The van der Waals surface area contributed by atoms with Crippen LogP contribution >= 0.6 is 0 Å². The van der Waals surface area contributed by atoms with Crippen LogP contribution in [0.15, 0.2) is 36.4 Å². The third-order valence-electron chi connectivity index (χ3n) is 7.29. The van der Waals surface area contributed by atoms with Gasteiger partial charge in [0.1, 0.15) is 11.6 Å². The van der Waals surface area contributed by atoms with Gasteiger partial charge in [-0.3, -0.25) is 19.2 Å². The van der Waals surface area contributed by atoms with E-state index in [1.807, 2.05) is 13.8 Å². The van der Waals surface area contributed by atoms with Crippen LogP contribution in [-0.4, -0.2) is 64.9 Å². The van der Waals surface area contributed by atoms with Gasteiger partial charge in [0.25, 0.3) is 11.8 Å². The van der Waals surface area contributed by atoms with E-state index >= 15 is 0 Å². The van der Waals surface area contributed by atoms with Gasteiger partial charge in [0.2, 0.25) is 11.8 Å². The Balaban J connectivity index is 1.88. The Morgan fingerprint density at radius 1 is 1.02 bits per heavy atom. The molecule has 1 fully saturated rings. The number of aliphatic hydroxyl groups excluding tert-OH is 1. The standard InChI is InChI=1S/C31H40F2N4O5/c1-3-10-37(11-4-2)31(42)22-16-20(29(34)40)15-21(17-22)30(41)36-26(14-19-12-23(32)18-24(33)13-19)27(38)9-8-25-6-5-7-28(39)35-25/h12-13,15-18,25-27,38H,3-11,14H2,1-2H3,(H2,34,40)(H,35,39)(H,36,41). The molecular formula is C31H40F2N4O5. The lowest BCUT2D eigenvalue weighted by atomic mass is 9.93. The molecule has 1 heterocycles. The molecule has 0 aromatic heterocycles. The molecule has 2 aromatic carbocycles. The molecule has 1 aliphatic heterocycles. The number of aliphatic hydroxyl groups is 1. The zero-order chi connectivity index (χ0) is 30.8. The number of nitrogens with one attached hydrogen (secondary N) is 2. The number of nitrogens with zero attached hydrogens (tertiary/aromatic N) is 1. The van der Waals surface area contributed by atoms with Crippen LogP contribution in [0.2, 0.25) is 0 Å². The van der Waals surface area contributed by atoms with E-state index < -0.39 is 35.6 Å². The Kier molecular flexibility index (Phi) is 12.0. The predicted octanol–water partition coefficient (Wildman–Crippen LogP) is 3.48. The number of primary amides is 1. The number of piperidine rings is 1. The molecule has 1 aliphatic rings. The molecule has 2 aromatic rings. The third kappa shape index (κ3) is 9.34. The first-order valence-electron chi connectivity index (χ1n) is 14.5. The molecule has 0 spiro atoms. The number of benzene rings is 2. The number of rotatable bonds is 14. The summed E-state index contributed by atoms with van der Waals surface area (Å²) < 4.78 is 27.9. The highest BCUT2D eigenvalue weighted by Gasteiger charge is 2.27. The molecule has 0 radical (unpaired) electrons. The minimum Gasteiger partial charge on any atom is -0.391 e. The number of carbonyl (C=O) groups is 4. The molecular weight excluding hydrogens is 546 g/mol. The van der Waals surface area contributed by atoms with Gasteiger partial charge in [-0.05, 0) is 80.8 Å². The van der Waals surface area contributed by atoms with E-state index in [0.717, 1.165) is 43.9 Å². The van der Waals surface area contributed by atoms with Crippen molar-refractivity contribution < 1.29 is 33.1 Å². The zero-order valence-electron chi connectivity index (χ0n) is 24.1. The summed E-state index contributed by atoms with van der Waals surface area (Å²) in [6, 6.07) is 5.85. The van der Waals surface area contributed by atoms with Gasteiger partial charge in [0.05, 0.1) is 12.1 Å². The Hall–Kier alpha value is -3.86. The van der Waals surface area contributed by atoms with Gasteiger partial charge in [-0.25, -0.2) is 8.78 Å². The maximum atomic E-state index is 13.9. The summed E-state index contributed by atoms with van der Waals surface area (Å²) >= 11 is 0. The molecule has 1 saturated heterocycles. The number of amides is 4. The van der Waals surface area contributed by atoms with E-state index in [2.05, 4.69) is 10.6 Å². The predicted molar refractivity (Wildman–Crippen MR) is 154 cm³/mol. The average molecular weight is 587 g/mol. The molecule has 0 saturated carbocycles. The molecule has 11 heteroatoms. The Bertz CT molecular complexity index is 1260. The topological polar surface area (TPSA) is 142 Å². The van der Waals surface area contributed by atoms with Crippen molar-refractivity contribution in [2.45, 2.75) is 83.4 Å². The summed E-state index contributed by atoms with van der Waals surface area (Å²) in [6.45, 7) is 4.86. The summed E-state index contributed by atoms with van der Waals surface area (Å²) in [6.07, 6.45) is 2.80. The fraction of sp³-hybridized carbons (Fsp3) is 0.484. The molecule has 3 rings (SSSR count). The van der Waals surface area contributed by atoms with Crippen molar-refractivity contribution in [2.24, 2.45) is 5.73 Å². The molecule has 0 bridgehead atoms. The maximum absolute atomic E-state index is 13.9. The first kappa shape index (κ1) is 32.7. The zero-order valence-corrected chi connectivity index (χ0v) is 24.1. The van der Waals surface area contributed by atoms with E-state index in [1.165, 1.54) is 18.2 Å². The van der Waals surface area contributed by atoms with Crippen LogP contribution in [0.5, 0.6) is 0 Å². The molecule has 9 nitrogen and oxygen atoms in total. The smallest absolute Gasteiger partial charge is 0.253 e. The van der Waals surface area contributed by atoms with Crippen LogP contribution in [0.3, 0.4) is 0 Å². The Morgan fingerprint density at radius 2 is 1.64 bits per heavy atom. The molecule has 5 N–H and O–H groups in total. The molecule has 3 unspecified atom stereocenters. The lowest BCUT2D eigenvalue weighted by Gasteiger charge is -2.28. The van der Waals surface area contributed by atoms with Gasteiger partial charge in [-0.2, -0.15) is 0 Å². The van der Waals surface area contributed by atoms with Crippen molar-refractivity contribution in [3.63, 3.8) is 0 Å². The number of hydrogen-bond acceptors (Lipinski definition) is 5. The van der Waals surface area contributed by atoms with Gasteiger partial charge >= 0.3 is 0 Å². The second kappa shape index (κ2) is 15.4. The number of hydrogen-bond donors (Lipinski definition) is 4. The van der Waals surface area contributed by atoms with Gasteiger partial charge in [-0.15, -0.1) is 0 Å². The number of carbonyl (C=O) groups excluding carboxylic acids is 4. The highest BCUT2D eigenvalue weighted by molar-refractivity contribution is 6.04. The van der Waals surface area contributed by atoms with Crippen molar-refractivity contribution in [2.75, 3.05) is 13.1 Å². The van der Waals surface area contributed by atoms with E-state index in [-0.39, 0.29) is 53.0 Å². The summed E-state index contributed by atoms with van der Waals surface area (Å²) in [7, 11) is 0. The highest BCUT2D eigenvalue weighted by atomic mass is 19.1. The van der Waals surface area contributed by atoms with Crippen molar-refractivity contribution in [1.82, 2.24) is 15.5 Å². The first-order valence-corrected chi connectivity index (χ1v) is 14.5. The third-order valence-corrected chi connectivity index (χ3v) is 7.29. The second-order valence-corrected chi connectivity index (χ2v) is 10.8. The average Bonchev–Trinajstić information content (AvgIpc) is 2.94. The van der Waals surface area contributed by atoms with Crippen molar-refractivity contribution in [1.29, 1.82) is 0 Å². The number of halogens is 2. The lowest BCUT2D eigenvalue weighted by Crippen LogP contribution is -2.46.